The van der Waals surface area contributed by atoms with E-state index in [1.807, 2.05) is 56.5 Å². The minimum Gasteiger partial charge on any atom is -0.458 e. The first kappa shape index (κ1) is 30.9. The van der Waals surface area contributed by atoms with E-state index in [1.54, 1.807) is 25.5 Å². The average molecular weight is 567 g/mol. The second-order valence-corrected chi connectivity index (χ2v) is 12.9. The molecule has 41 heavy (non-hydrogen) atoms. The van der Waals surface area contributed by atoms with Gasteiger partial charge in [0.2, 0.25) is 0 Å². The van der Waals surface area contributed by atoms with Gasteiger partial charge < -0.3 is 26.0 Å². The summed E-state index contributed by atoms with van der Waals surface area (Å²) in [7, 11) is 0. The number of anilines is 1. The van der Waals surface area contributed by atoms with Crippen molar-refractivity contribution in [3.63, 3.8) is 0 Å². The van der Waals surface area contributed by atoms with E-state index in [9.17, 15) is 19.8 Å². The number of Topliss-reactive ketones (excluding diaryl/α,β-unsaturated/α-hetero) is 1. The van der Waals surface area contributed by atoms with Crippen molar-refractivity contribution in [1.29, 1.82) is 0 Å². The minimum atomic E-state index is -1.25. The summed E-state index contributed by atoms with van der Waals surface area (Å²) in [6.07, 6.45) is 4.06. The molecule has 0 aliphatic carbocycles. The van der Waals surface area contributed by atoms with Crippen LogP contribution in [0.5, 0.6) is 0 Å². The highest BCUT2D eigenvalue weighted by Gasteiger charge is 2.50. The van der Waals surface area contributed by atoms with Crippen molar-refractivity contribution in [2.24, 2.45) is 17.3 Å². The molecule has 2 aliphatic heterocycles. The largest absolute Gasteiger partial charge is 0.458 e. The number of rotatable bonds is 3. The smallest absolute Gasteiger partial charge is 0.309 e. The number of nitrogen functional groups attached to an aromatic ring is 1. The number of hydrogen-bond donors (Lipinski definition) is 4. The molecule has 1 aromatic carbocycles. The molecular weight excluding hydrogens is 520 g/mol. The third kappa shape index (κ3) is 7.08. The zero-order chi connectivity index (χ0) is 30.1. The van der Waals surface area contributed by atoms with Gasteiger partial charge in [-0.1, -0.05) is 34.1 Å². The number of hydrogen-bond acceptors (Lipinski definition) is 8. The Morgan fingerprint density at radius 3 is 2.51 bits per heavy atom. The number of ether oxygens (including phenoxy) is 1. The van der Waals surface area contributed by atoms with Crippen molar-refractivity contribution in [2.75, 3.05) is 5.73 Å². The monoisotopic (exact) mass is 566 g/mol. The molecule has 2 aliphatic rings. The third-order valence-corrected chi connectivity index (χ3v) is 9.26. The number of aromatic nitrogens is 2. The number of esters is 1. The minimum absolute atomic E-state index is 0.0634. The Bertz CT molecular complexity index is 1270. The highest BCUT2D eigenvalue weighted by molar-refractivity contribution is 5.88. The van der Waals surface area contributed by atoms with Crippen molar-refractivity contribution in [3.05, 3.63) is 47.8 Å². The number of cyclic esters (lactones) is 1. The molecule has 3 heterocycles. The maximum Gasteiger partial charge on any atom is 0.309 e. The Morgan fingerprint density at radius 1 is 1.15 bits per heavy atom. The normalized spacial score (nSPS) is 33.6. The molecule has 9 nitrogen and oxygen atoms in total. The zero-order valence-corrected chi connectivity index (χ0v) is 25.1. The van der Waals surface area contributed by atoms with Gasteiger partial charge in [0.1, 0.15) is 11.9 Å². The number of benzene rings is 1. The molecule has 4 rings (SSSR count). The summed E-state index contributed by atoms with van der Waals surface area (Å²) in [5.74, 6) is -1.55. The standard InChI is InChI=1S/C32H46N4O5/c1-19-8-7-14-32(6)26(34-32)17-25(41-28(38)18-27(37)31(4,5)30(40)21(3)29(19)39)20(2)16-23-13-15-36(35-23)24-11-9-22(33)10-12-24/h9-13,15-16,19,21,25-27,29,34,37,39H,7-8,14,17-18,33H2,1-6H3/b20-16+/t19-,21+,25-,26-,27-,29-,32+/m0/s1. The Morgan fingerprint density at radius 2 is 1.83 bits per heavy atom. The zero-order valence-electron chi connectivity index (χ0n) is 25.1. The average Bonchev–Trinajstić information content (AvgIpc) is 3.31. The molecule has 0 radical (unpaired) electrons. The van der Waals surface area contributed by atoms with Crippen LogP contribution < -0.4 is 11.1 Å². The quantitative estimate of drug-likeness (QED) is 0.247. The summed E-state index contributed by atoms with van der Waals surface area (Å²) in [6.45, 7) is 11.0. The summed E-state index contributed by atoms with van der Waals surface area (Å²) >= 11 is 0. The first-order valence-electron chi connectivity index (χ1n) is 14.7. The number of ketones is 1. The number of aliphatic hydroxyl groups excluding tert-OH is 2. The molecule has 224 valence electrons. The van der Waals surface area contributed by atoms with Crippen LogP contribution in [0, 0.1) is 17.3 Å². The van der Waals surface area contributed by atoms with Gasteiger partial charge in [-0.25, -0.2) is 4.68 Å². The fraction of sp³-hybridized carbons (Fsp3) is 0.594. The second-order valence-electron chi connectivity index (χ2n) is 12.9. The molecular formula is C32H46N4O5. The van der Waals surface area contributed by atoms with Gasteiger partial charge in [-0.2, -0.15) is 5.10 Å². The fourth-order valence-corrected chi connectivity index (χ4v) is 5.96. The number of carbonyl (C=O) groups is 2. The molecule has 0 saturated carbocycles. The molecule has 5 N–H and O–H groups in total. The van der Waals surface area contributed by atoms with E-state index in [4.69, 9.17) is 10.5 Å². The molecule has 9 heteroatoms. The van der Waals surface area contributed by atoms with Crippen molar-refractivity contribution < 1.29 is 24.5 Å². The van der Waals surface area contributed by atoms with E-state index in [-0.39, 0.29) is 29.7 Å². The lowest BCUT2D eigenvalue weighted by Crippen LogP contribution is -2.45. The van der Waals surface area contributed by atoms with Gasteiger partial charge >= 0.3 is 5.97 Å². The van der Waals surface area contributed by atoms with E-state index < -0.39 is 35.6 Å². The predicted molar refractivity (Wildman–Crippen MR) is 159 cm³/mol. The van der Waals surface area contributed by atoms with Crippen LogP contribution in [-0.2, 0) is 14.3 Å². The van der Waals surface area contributed by atoms with Gasteiger partial charge in [-0.3, -0.25) is 9.59 Å². The van der Waals surface area contributed by atoms with Crippen molar-refractivity contribution in [2.45, 2.75) is 104 Å². The first-order chi connectivity index (χ1) is 19.2. The summed E-state index contributed by atoms with van der Waals surface area (Å²) in [5.41, 5.74) is 7.62. The fourth-order valence-electron chi connectivity index (χ4n) is 5.96. The van der Waals surface area contributed by atoms with Crippen LogP contribution in [0.2, 0.25) is 0 Å². The van der Waals surface area contributed by atoms with Crippen LogP contribution in [0.25, 0.3) is 11.8 Å². The van der Waals surface area contributed by atoms with E-state index in [0.717, 1.165) is 36.2 Å². The summed E-state index contributed by atoms with van der Waals surface area (Å²) in [6, 6.07) is 9.49. The predicted octanol–water partition coefficient (Wildman–Crippen LogP) is 4.05. The van der Waals surface area contributed by atoms with Gasteiger partial charge in [0.15, 0.2) is 0 Å². The Labute approximate surface area is 243 Å². The van der Waals surface area contributed by atoms with Gasteiger partial charge in [-0.15, -0.1) is 0 Å². The molecule has 1 aromatic heterocycles. The Hall–Kier alpha value is -3.01. The Balaban J connectivity index is 1.57. The van der Waals surface area contributed by atoms with Crippen LogP contribution in [0.4, 0.5) is 5.69 Å². The molecule has 0 spiro atoms. The van der Waals surface area contributed by atoms with Gasteiger partial charge in [-0.05, 0) is 74.6 Å². The molecule has 7 atom stereocenters. The second kappa shape index (κ2) is 12.1. The maximum atomic E-state index is 13.3. The Kier molecular flexibility index (Phi) is 9.11. The lowest BCUT2D eigenvalue weighted by atomic mass is 9.73. The topological polar surface area (TPSA) is 150 Å². The van der Waals surface area contributed by atoms with Crippen LogP contribution >= 0.6 is 0 Å². The molecule has 0 unspecified atom stereocenters. The van der Waals surface area contributed by atoms with Crippen LogP contribution in [0.1, 0.15) is 79.3 Å². The number of carbonyl (C=O) groups excluding carboxylic acids is 2. The van der Waals surface area contributed by atoms with Gasteiger partial charge in [0.25, 0.3) is 0 Å². The maximum absolute atomic E-state index is 13.3. The molecule has 0 bridgehead atoms. The molecule has 0 amide bonds. The number of nitrogens with one attached hydrogen (secondary N) is 1. The number of fused-ring (bicyclic) bond motifs is 1. The number of nitrogens with two attached hydrogens (primary N) is 1. The van der Waals surface area contributed by atoms with Crippen molar-refractivity contribution in [3.8, 4) is 5.69 Å². The summed E-state index contributed by atoms with van der Waals surface area (Å²) in [5, 5.41) is 30.1. The van der Waals surface area contributed by atoms with Crippen LogP contribution in [-0.4, -0.2) is 61.6 Å². The lowest BCUT2D eigenvalue weighted by molar-refractivity contribution is -0.154. The van der Waals surface area contributed by atoms with Crippen molar-refractivity contribution in [1.82, 2.24) is 15.1 Å². The molecule has 2 fully saturated rings. The van der Waals surface area contributed by atoms with E-state index in [1.165, 1.54) is 0 Å². The number of aliphatic hydroxyl groups is 2. The number of nitrogens with zero attached hydrogens (tertiary/aromatic N) is 2. The van der Waals surface area contributed by atoms with Gasteiger partial charge in [0, 0.05) is 35.8 Å². The van der Waals surface area contributed by atoms with E-state index in [0.29, 0.717) is 12.1 Å². The molecule has 2 aromatic rings. The first-order valence-corrected chi connectivity index (χ1v) is 14.7. The highest BCUT2D eigenvalue weighted by atomic mass is 16.5. The SMILES string of the molecule is C/C(=C\c1ccn(-c2ccc(N)cc2)n1)[C@@H]1C[C@@H]2N[C@]2(C)CCC[C@H](C)[C@H](O)[C@@H](C)C(=O)C(C)(C)[C@@H](O)CC(=O)O1. The van der Waals surface area contributed by atoms with Crippen molar-refractivity contribution >= 4 is 23.5 Å². The third-order valence-electron chi connectivity index (χ3n) is 9.26. The van der Waals surface area contributed by atoms with E-state index in [2.05, 4.69) is 17.3 Å². The van der Waals surface area contributed by atoms with E-state index >= 15 is 0 Å². The summed E-state index contributed by atoms with van der Waals surface area (Å²) in [4.78, 5) is 26.5. The highest BCUT2D eigenvalue weighted by Crippen LogP contribution is 2.38. The summed E-state index contributed by atoms with van der Waals surface area (Å²) < 4.78 is 7.74. The van der Waals surface area contributed by atoms with Crippen LogP contribution in [0.3, 0.4) is 0 Å². The lowest BCUT2D eigenvalue weighted by Gasteiger charge is -2.34. The van der Waals surface area contributed by atoms with Crippen LogP contribution in [0.15, 0.2) is 42.1 Å². The van der Waals surface area contributed by atoms with Gasteiger partial charge in [0.05, 0.1) is 35.4 Å². The molecule has 2 saturated heterocycles.